The number of aromatic amines is 1. The van der Waals surface area contributed by atoms with Crippen molar-refractivity contribution in [3.05, 3.63) is 70.9 Å². The molecule has 3 N–H and O–H groups in total. The van der Waals surface area contributed by atoms with Crippen LogP contribution in [0.3, 0.4) is 0 Å². The van der Waals surface area contributed by atoms with Crippen molar-refractivity contribution >= 4 is 16.9 Å². The summed E-state index contributed by atoms with van der Waals surface area (Å²) in [7, 11) is 0. The van der Waals surface area contributed by atoms with Gasteiger partial charge in [-0.25, -0.2) is 0 Å². The van der Waals surface area contributed by atoms with Crippen molar-refractivity contribution in [3.63, 3.8) is 0 Å². The summed E-state index contributed by atoms with van der Waals surface area (Å²) < 4.78 is 0. The number of para-hydroxylation sites is 1. The summed E-state index contributed by atoms with van der Waals surface area (Å²) >= 11 is 0. The Labute approximate surface area is 134 Å². The van der Waals surface area contributed by atoms with Gasteiger partial charge in [0.15, 0.2) is 0 Å². The van der Waals surface area contributed by atoms with Gasteiger partial charge >= 0.3 is 5.97 Å². The minimum atomic E-state index is -0.806. The van der Waals surface area contributed by atoms with E-state index in [9.17, 15) is 9.90 Å². The van der Waals surface area contributed by atoms with Gasteiger partial charge in [-0.3, -0.25) is 10.1 Å². The van der Waals surface area contributed by atoms with Crippen molar-refractivity contribution in [1.29, 1.82) is 0 Å². The molecule has 23 heavy (non-hydrogen) atoms. The molecule has 0 amide bonds. The van der Waals surface area contributed by atoms with Gasteiger partial charge in [-0.1, -0.05) is 42.5 Å². The van der Waals surface area contributed by atoms with Gasteiger partial charge in [-0.2, -0.15) is 0 Å². The number of H-pyrrole nitrogens is 1. The smallest absolute Gasteiger partial charge is 0.321 e. The van der Waals surface area contributed by atoms with Crippen LogP contribution in [0.15, 0.2) is 48.5 Å². The Morgan fingerprint density at radius 3 is 2.65 bits per heavy atom. The van der Waals surface area contributed by atoms with Crippen LogP contribution in [-0.4, -0.2) is 22.1 Å². The standard InChI is InChI=1S/C19H18N2O2/c1-11-6-2-3-7-12(11)17-18-14(10-16(21-17)19(22)23)13-8-4-5-9-15(13)20-18/h2-9,16-17,20-21H,10H2,1H3,(H,22,23)/t16-,17-/m0/s1. The molecule has 0 bridgehead atoms. The first-order valence-electron chi connectivity index (χ1n) is 7.79. The first-order valence-corrected chi connectivity index (χ1v) is 7.79. The molecule has 4 heteroatoms. The second-order valence-electron chi connectivity index (χ2n) is 6.11. The number of aryl methyl sites for hydroxylation is 1. The third-order valence-corrected chi connectivity index (χ3v) is 4.71. The Morgan fingerprint density at radius 2 is 1.87 bits per heavy atom. The van der Waals surface area contributed by atoms with Gasteiger partial charge in [-0.15, -0.1) is 0 Å². The van der Waals surface area contributed by atoms with Crippen LogP contribution in [0.2, 0.25) is 0 Å². The maximum atomic E-state index is 11.6. The number of fused-ring (bicyclic) bond motifs is 3. The zero-order valence-electron chi connectivity index (χ0n) is 12.8. The zero-order chi connectivity index (χ0) is 16.0. The van der Waals surface area contributed by atoms with Crippen molar-refractivity contribution in [2.45, 2.75) is 25.4 Å². The Balaban J connectivity index is 1.93. The molecule has 4 rings (SSSR count). The highest BCUT2D eigenvalue weighted by Crippen LogP contribution is 2.36. The lowest BCUT2D eigenvalue weighted by atomic mass is 9.89. The number of aromatic nitrogens is 1. The van der Waals surface area contributed by atoms with E-state index in [0.717, 1.165) is 33.3 Å². The largest absolute Gasteiger partial charge is 0.480 e. The minimum absolute atomic E-state index is 0.131. The van der Waals surface area contributed by atoms with Crippen LogP contribution in [0.25, 0.3) is 10.9 Å². The summed E-state index contributed by atoms with van der Waals surface area (Å²) in [6.07, 6.45) is 0.497. The molecule has 0 fully saturated rings. The summed E-state index contributed by atoms with van der Waals surface area (Å²) in [5.41, 5.74) is 5.52. The van der Waals surface area contributed by atoms with Crippen LogP contribution >= 0.6 is 0 Å². The molecular weight excluding hydrogens is 288 g/mol. The summed E-state index contributed by atoms with van der Waals surface area (Å²) in [6.45, 7) is 2.06. The Morgan fingerprint density at radius 1 is 1.13 bits per heavy atom. The first-order chi connectivity index (χ1) is 11.1. The maximum Gasteiger partial charge on any atom is 0.321 e. The normalized spacial score (nSPS) is 20.4. The molecule has 0 saturated heterocycles. The molecule has 4 nitrogen and oxygen atoms in total. The second kappa shape index (κ2) is 5.25. The van der Waals surface area contributed by atoms with Crippen molar-refractivity contribution in [2.24, 2.45) is 0 Å². The highest BCUT2D eigenvalue weighted by Gasteiger charge is 2.34. The van der Waals surface area contributed by atoms with E-state index >= 15 is 0 Å². The predicted molar refractivity (Wildman–Crippen MR) is 89.6 cm³/mol. The number of rotatable bonds is 2. The summed E-state index contributed by atoms with van der Waals surface area (Å²) in [4.78, 5) is 15.1. The van der Waals surface area contributed by atoms with Crippen molar-refractivity contribution in [2.75, 3.05) is 0 Å². The van der Waals surface area contributed by atoms with E-state index in [4.69, 9.17) is 0 Å². The molecule has 0 aliphatic carbocycles. The van der Waals surface area contributed by atoms with Crippen LogP contribution in [0, 0.1) is 6.92 Å². The third-order valence-electron chi connectivity index (χ3n) is 4.71. The van der Waals surface area contributed by atoms with Crippen molar-refractivity contribution < 1.29 is 9.90 Å². The van der Waals surface area contributed by atoms with E-state index in [0.29, 0.717) is 6.42 Å². The van der Waals surface area contributed by atoms with Crippen LogP contribution in [0.1, 0.15) is 28.4 Å². The molecule has 2 atom stereocenters. The number of aliphatic carboxylic acids is 1. The average molecular weight is 306 g/mol. The van der Waals surface area contributed by atoms with Crippen molar-refractivity contribution in [3.8, 4) is 0 Å². The number of carboxylic acids is 1. The monoisotopic (exact) mass is 306 g/mol. The van der Waals surface area contributed by atoms with Crippen LogP contribution in [-0.2, 0) is 11.2 Å². The lowest BCUT2D eigenvalue weighted by Gasteiger charge is -2.30. The molecular formula is C19H18N2O2. The fraction of sp³-hybridized carbons (Fsp3) is 0.211. The molecule has 116 valence electrons. The lowest BCUT2D eigenvalue weighted by Crippen LogP contribution is -2.45. The Hall–Kier alpha value is -2.59. The molecule has 1 aliphatic rings. The third kappa shape index (κ3) is 2.23. The fourth-order valence-electron chi connectivity index (χ4n) is 3.55. The van der Waals surface area contributed by atoms with Gasteiger partial charge in [-0.05, 0) is 29.7 Å². The van der Waals surface area contributed by atoms with E-state index < -0.39 is 12.0 Å². The highest BCUT2D eigenvalue weighted by molar-refractivity contribution is 5.87. The molecule has 3 aromatic rings. The van der Waals surface area contributed by atoms with E-state index in [1.54, 1.807) is 0 Å². The van der Waals surface area contributed by atoms with Gasteiger partial charge in [0.2, 0.25) is 0 Å². The van der Waals surface area contributed by atoms with E-state index in [2.05, 4.69) is 35.4 Å². The fourth-order valence-corrected chi connectivity index (χ4v) is 3.55. The van der Waals surface area contributed by atoms with Crippen LogP contribution in [0.4, 0.5) is 0 Å². The molecule has 0 saturated carbocycles. The van der Waals surface area contributed by atoms with E-state index in [1.807, 2.05) is 30.3 Å². The summed E-state index contributed by atoms with van der Waals surface area (Å²) in [5.74, 6) is -0.806. The molecule has 2 heterocycles. The Bertz CT molecular complexity index is 897. The quantitative estimate of drug-likeness (QED) is 0.681. The predicted octanol–water partition coefficient (Wildman–Crippen LogP) is 3.16. The van der Waals surface area contributed by atoms with E-state index in [1.165, 1.54) is 0 Å². The molecule has 1 aliphatic heterocycles. The second-order valence-corrected chi connectivity index (χ2v) is 6.11. The SMILES string of the molecule is Cc1ccccc1[C@@H]1N[C@H](C(=O)O)Cc2c1[nH]c1ccccc21. The summed E-state index contributed by atoms with van der Waals surface area (Å²) in [6, 6.07) is 15.5. The molecule has 0 radical (unpaired) electrons. The van der Waals surface area contributed by atoms with Crippen molar-refractivity contribution in [1.82, 2.24) is 10.3 Å². The zero-order valence-corrected chi connectivity index (χ0v) is 12.8. The number of hydrogen-bond donors (Lipinski definition) is 3. The number of carbonyl (C=O) groups is 1. The van der Waals surface area contributed by atoms with Gasteiger partial charge in [0.1, 0.15) is 6.04 Å². The maximum absolute atomic E-state index is 11.6. The van der Waals surface area contributed by atoms with E-state index in [-0.39, 0.29) is 6.04 Å². The minimum Gasteiger partial charge on any atom is -0.480 e. The molecule has 2 aromatic carbocycles. The number of hydrogen-bond acceptors (Lipinski definition) is 2. The molecule has 0 spiro atoms. The van der Waals surface area contributed by atoms with Gasteiger partial charge in [0.25, 0.3) is 0 Å². The first kappa shape index (κ1) is 14.0. The Kier molecular flexibility index (Phi) is 3.20. The van der Waals surface area contributed by atoms with Crippen LogP contribution < -0.4 is 5.32 Å². The van der Waals surface area contributed by atoms with Crippen LogP contribution in [0.5, 0.6) is 0 Å². The van der Waals surface area contributed by atoms with Gasteiger partial charge in [0.05, 0.1) is 6.04 Å². The number of benzene rings is 2. The highest BCUT2D eigenvalue weighted by atomic mass is 16.4. The summed E-state index contributed by atoms with van der Waals surface area (Å²) in [5, 5.41) is 14.0. The average Bonchev–Trinajstić information content (AvgIpc) is 2.93. The molecule has 0 unspecified atom stereocenters. The topological polar surface area (TPSA) is 65.1 Å². The van der Waals surface area contributed by atoms with Gasteiger partial charge in [0, 0.05) is 23.0 Å². The molecule has 1 aromatic heterocycles. The lowest BCUT2D eigenvalue weighted by molar-refractivity contribution is -0.139. The number of carboxylic acid groups (broad SMARTS) is 1. The number of nitrogens with one attached hydrogen (secondary N) is 2. The van der Waals surface area contributed by atoms with Gasteiger partial charge < -0.3 is 10.1 Å².